The number of rotatable bonds is 3. The van der Waals surface area contributed by atoms with Crippen LogP contribution in [-0.4, -0.2) is 19.6 Å². The van der Waals surface area contributed by atoms with Crippen molar-refractivity contribution in [1.29, 1.82) is 0 Å². The lowest BCUT2D eigenvalue weighted by molar-refractivity contribution is 0.496. The van der Waals surface area contributed by atoms with E-state index < -0.39 is 0 Å². The third-order valence-corrected chi connectivity index (χ3v) is 2.83. The van der Waals surface area contributed by atoms with Crippen LogP contribution in [-0.2, 0) is 20.6 Å². The Bertz CT molecular complexity index is 526. The second-order valence-electron chi connectivity index (χ2n) is 4.13. The summed E-state index contributed by atoms with van der Waals surface area (Å²) in [4.78, 5) is 0. The van der Waals surface area contributed by atoms with Crippen LogP contribution in [0.3, 0.4) is 0 Å². The molecule has 0 aliphatic heterocycles. The molecule has 0 radical (unpaired) electrons. The Kier molecular flexibility index (Phi) is 4.34. The maximum absolute atomic E-state index is 13.6. The Labute approximate surface area is 111 Å². The second-order valence-corrected chi connectivity index (χ2v) is 4.13. The van der Waals surface area contributed by atoms with Crippen molar-refractivity contribution in [3.8, 4) is 0 Å². The number of aryl methyl sites for hydroxylation is 4. The molecule has 0 saturated heterocycles. The van der Waals surface area contributed by atoms with E-state index in [0.29, 0.717) is 17.8 Å². The summed E-state index contributed by atoms with van der Waals surface area (Å²) >= 11 is 0. The topological polar surface area (TPSA) is 47.7 Å². The normalized spacial score (nSPS) is 10.3. The van der Waals surface area contributed by atoms with E-state index in [1.165, 1.54) is 4.68 Å². The first kappa shape index (κ1) is 14.5. The van der Waals surface area contributed by atoms with Crippen molar-refractivity contribution in [3.05, 3.63) is 29.0 Å². The largest absolute Gasteiger partial charge is 0.364 e. The number of hydrogen-bond acceptors (Lipinski definition) is 3. The molecule has 0 amide bonds. The summed E-state index contributed by atoms with van der Waals surface area (Å²) in [6, 6.07) is 1.92. The molecule has 100 valence electrons. The summed E-state index contributed by atoms with van der Waals surface area (Å²) in [5.41, 5.74) is 2.33. The highest BCUT2D eigenvalue weighted by molar-refractivity contribution is 5.85. The quantitative estimate of drug-likeness (QED) is 0.930. The van der Waals surface area contributed by atoms with Gasteiger partial charge in [-0.25, -0.2) is 4.68 Å². The molecule has 0 bridgehead atoms. The first-order valence-electron chi connectivity index (χ1n) is 5.41. The Morgan fingerprint density at radius 2 is 1.89 bits per heavy atom. The lowest BCUT2D eigenvalue weighted by atomic mass is 10.2. The van der Waals surface area contributed by atoms with Gasteiger partial charge in [-0.05, 0) is 13.8 Å². The van der Waals surface area contributed by atoms with Crippen LogP contribution in [0, 0.1) is 19.8 Å². The predicted molar refractivity (Wildman–Crippen MR) is 70.4 cm³/mol. The van der Waals surface area contributed by atoms with E-state index in [1.54, 1.807) is 18.7 Å². The third-order valence-electron chi connectivity index (χ3n) is 2.83. The van der Waals surface area contributed by atoms with Crippen molar-refractivity contribution in [2.24, 2.45) is 14.1 Å². The zero-order valence-electron chi connectivity index (χ0n) is 10.9. The van der Waals surface area contributed by atoms with Crippen LogP contribution < -0.4 is 5.32 Å². The fraction of sp³-hybridized carbons (Fsp3) is 0.455. The maximum Gasteiger partial charge on any atom is 0.216 e. The highest BCUT2D eigenvalue weighted by Gasteiger charge is 2.12. The zero-order chi connectivity index (χ0) is 12.6. The van der Waals surface area contributed by atoms with Crippen LogP contribution in [0.5, 0.6) is 0 Å². The van der Waals surface area contributed by atoms with E-state index in [1.807, 2.05) is 20.0 Å². The Morgan fingerprint density at radius 3 is 2.33 bits per heavy atom. The van der Waals surface area contributed by atoms with Gasteiger partial charge in [0, 0.05) is 38.0 Å². The molecule has 18 heavy (non-hydrogen) atoms. The fourth-order valence-electron chi connectivity index (χ4n) is 1.70. The molecular weight excluding hydrogens is 257 g/mol. The number of hydrogen-bond donors (Lipinski definition) is 1. The Hall–Kier alpha value is -1.56. The van der Waals surface area contributed by atoms with Crippen molar-refractivity contribution in [1.82, 2.24) is 19.6 Å². The van der Waals surface area contributed by atoms with Gasteiger partial charge in [-0.3, -0.25) is 4.68 Å². The highest BCUT2D eigenvalue weighted by Crippen LogP contribution is 2.14. The van der Waals surface area contributed by atoms with Gasteiger partial charge in [0.2, 0.25) is 5.95 Å². The molecule has 0 fully saturated rings. The maximum atomic E-state index is 13.6. The lowest BCUT2D eigenvalue weighted by Gasteiger charge is -2.01. The summed E-state index contributed by atoms with van der Waals surface area (Å²) in [6.45, 7) is 4.15. The monoisotopic (exact) mass is 273 g/mol. The summed E-state index contributed by atoms with van der Waals surface area (Å²) in [7, 11) is 3.47. The first-order valence-corrected chi connectivity index (χ1v) is 5.41. The molecule has 0 spiro atoms. The van der Waals surface area contributed by atoms with Crippen LogP contribution in [0.25, 0.3) is 0 Å². The summed E-state index contributed by atoms with van der Waals surface area (Å²) in [5.74, 6) is 0.440. The minimum Gasteiger partial charge on any atom is -0.364 e. The minimum atomic E-state index is -0.303. The van der Waals surface area contributed by atoms with Gasteiger partial charge in [0.1, 0.15) is 5.82 Å². The van der Waals surface area contributed by atoms with Crippen LogP contribution >= 0.6 is 12.4 Å². The van der Waals surface area contributed by atoms with Gasteiger partial charge in [0.15, 0.2) is 0 Å². The lowest BCUT2D eigenvalue weighted by Crippen LogP contribution is -2.04. The summed E-state index contributed by atoms with van der Waals surface area (Å²) in [5, 5.41) is 11.4. The van der Waals surface area contributed by atoms with E-state index >= 15 is 0 Å². The smallest absolute Gasteiger partial charge is 0.216 e. The number of nitrogens with zero attached hydrogens (tertiary/aromatic N) is 4. The van der Waals surface area contributed by atoms with Gasteiger partial charge in [0.25, 0.3) is 0 Å². The SMILES string of the molecule is Cc1nn(C)c(F)c1CNc1cc(C)n(C)n1.Cl. The zero-order valence-corrected chi connectivity index (χ0v) is 11.7. The van der Waals surface area contributed by atoms with Gasteiger partial charge >= 0.3 is 0 Å². The van der Waals surface area contributed by atoms with Crippen LogP contribution in [0.1, 0.15) is 17.0 Å². The minimum absolute atomic E-state index is 0. The molecule has 2 rings (SSSR count). The third kappa shape index (κ3) is 2.64. The average molecular weight is 274 g/mol. The van der Waals surface area contributed by atoms with E-state index in [9.17, 15) is 4.39 Å². The number of nitrogens with one attached hydrogen (secondary N) is 1. The van der Waals surface area contributed by atoms with Gasteiger partial charge in [-0.15, -0.1) is 12.4 Å². The molecule has 0 saturated carbocycles. The molecule has 0 aliphatic rings. The van der Waals surface area contributed by atoms with E-state index in [2.05, 4.69) is 15.5 Å². The number of aromatic nitrogens is 4. The van der Waals surface area contributed by atoms with Crippen molar-refractivity contribution < 1.29 is 4.39 Å². The van der Waals surface area contributed by atoms with Crippen LogP contribution in [0.15, 0.2) is 6.07 Å². The molecule has 0 atom stereocenters. The molecule has 7 heteroatoms. The standard InChI is InChI=1S/C11H16FN5.ClH/c1-7-5-10(15-16(7)3)13-6-9-8(2)14-17(4)11(9)12;/h5H,6H2,1-4H3,(H,13,15);1H. The second kappa shape index (κ2) is 5.39. The summed E-state index contributed by atoms with van der Waals surface area (Å²) < 4.78 is 16.7. The highest BCUT2D eigenvalue weighted by atomic mass is 35.5. The van der Waals surface area contributed by atoms with E-state index in [0.717, 1.165) is 11.5 Å². The molecule has 2 aromatic heterocycles. The molecular formula is C11H17ClFN5. The van der Waals surface area contributed by atoms with Gasteiger partial charge < -0.3 is 5.32 Å². The van der Waals surface area contributed by atoms with Crippen LogP contribution in [0.4, 0.5) is 10.2 Å². The molecule has 2 heterocycles. The Morgan fingerprint density at radius 1 is 1.22 bits per heavy atom. The van der Waals surface area contributed by atoms with Crippen LogP contribution in [0.2, 0.25) is 0 Å². The molecule has 0 aromatic carbocycles. The molecule has 1 N–H and O–H groups in total. The van der Waals surface area contributed by atoms with E-state index in [4.69, 9.17) is 0 Å². The molecule has 0 unspecified atom stereocenters. The first-order chi connectivity index (χ1) is 7.99. The van der Waals surface area contributed by atoms with Gasteiger partial charge in [-0.2, -0.15) is 14.6 Å². The van der Waals surface area contributed by atoms with Gasteiger partial charge in [-0.1, -0.05) is 0 Å². The van der Waals surface area contributed by atoms with Crippen molar-refractivity contribution >= 4 is 18.2 Å². The summed E-state index contributed by atoms with van der Waals surface area (Å²) in [6.07, 6.45) is 0. The average Bonchev–Trinajstić information content (AvgIpc) is 2.69. The number of anilines is 1. The number of halogens is 2. The molecule has 2 aromatic rings. The van der Waals surface area contributed by atoms with Gasteiger partial charge in [0.05, 0.1) is 5.69 Å². The molecule has 5 nitrogen and oxygen atoms in total. The van der Waals surface area contributed by atoms with Crippen molar-refractivity contribution in [3.63, 3.8) is 0 Å². The predicted octanol–water partition coefficient (Wildman–Crippen LogP) is 1.94. The Balaban J connectivity index is 0.00000162. The van der Waals surface area contributed by atoms with Crippen molar-refractivity contribution in [2.45, 2.75) is 20.4 Å². The van der Waals surface area contributed by atoms with Crippen molar-refractivity contribution in [2.75, 3.05) is 5.32 Å². The molecule has 0 aliphatic carbocycles. The fourth-order valence-corrected chi connectivity index (χ4v) is 1.70. The van der Waals surface area contributed by atoms with E-state index in [-0.39, 0.29) is 18.4 Å².